The topological polar surface area (TPSA) is 46.5 Å². The zero-order valence-electron chi connectivity index (χ0n) is 6.44. The van der Waals surface area contributed by atoms with Gasteiger partial charge in [0.2, 0.25) is 0 Å². The Kier molecular flexibility index (Phi) is 2.60. The number of benzene rings is 1. The molecule has 0 bridgehead atoms. The van der Waals surface area contributed by atoms with Crippen LogP contribution in [-0.4, -0.2) is 18.2 Å². The number of carboxylic acid groups (broad SMARTS) is 1. The predicted octanol–water partition coefficient (Wildman–Crippen LogP) is 1.68. The number of methoxy groups -OCH3 is 1. The summed E-state index contributed by atoms with van der Waals surface area (Å²) in [5.74, 6) is -0.482. The molecule has 1 rings (SSSR count). The van der Waals surface area contributed by atoms with Gasteiger partial charge in [0.25, 0.3) is 0 Å². The number of rotatable bonds is 2. The van der Waals surface area contributed by atoms with E-state index in [1.165, 1.54) is 13.2 Å². The zero-order valence-corrected chi connectivity index (χ0v) is 7.34. The van der Waals surface area contributed by atoms with Gasteiger partial charge in [-0.1, -0.05) is 0 Å². The van der Waals surface area contributed by atoms with E-state index in [1.807, 2.05) is 0 Å². The van der Waals surface area contributed by atoms with Crippen molar-refractivity contribution < 1.29 is 14.6 Å². The molecule has 0 spiro atoms. The van der Waals surface area contributed by atoms with E-state index in [0.717, 1.165) is 0 Å². The molecule has 0 amide bonds. The normalized spacial score (nSPS) is 9.50. The highest BCUT2D eigenvalue weighted by atomic mass is 32.1. The molecular weight excluding hydrogens is 176 g/mol. The highest BCUT2D eigenvalue weighted by molar-refractivity contribution is 7.80. The number of thiol groups is 1. The maximum atomic E-state index is 10.6. The van der Waals surface area contributed by atoms with Crippen LogP contribution in [0.4, 0.5) is 0 Å². The van der Waals surface area contributed by atoms with E-state index in [9.17, 15) is 4.79 Å². The molecule has 1 N–H and O–H groups in total. The molecule has 1 aromatic rings. The molecule has 0 aromatic heterocycles. The summed E-state index contributed by atoms with van der Waals surface area (Å²) in [7, 11) is 1.49. The van der Waals surface area contributed by atoms with E-state index in [2.05, 4.69) is 12.6 Å². The van der Waals surface area contributed by atoms with Crippen molar-refractivity contribution in [3.8, 4) is 5.75 Å². The zero-order chi connectivity index (χ0) is 9.14. The van der Waals surface area contributed by atoms with Crippen LogP contribution in [-0.2, 0) is 0 Å². The third kappa shape index (κ3) is 1.71. The van der Waals surface area contributed by atoms with Crippen molar-refractivity contribution in [3.05, 3.63) is 23.8 Å². The van der Waals surface area contributed by atoms with E-state index >= 15 is 0 Å². The van der Waals surface area contributed by atoms with Gasteiger partial charge in [0, 0.05) is 4.90 Å². The minimum absolute atomic E-state index is 0.151. The summed E-state index contributed by atoms with van der Waals surface area (Å²) in [5.41, 5.74) is 0.151. The molecular formula is C8H8O3S. The molecule has 4 heteroatoms. The molecule has 12 heavy (non-hydrogen) atoms. The number of carbonyl (C=O) groups is 1. The molecule has 0 aliphatic heterocycles. The first kappa shape index (κ1) is 8.93. The lowest BCUT2D eigenvalue weighted by Gasteiger charge is -2.02. The molecule has 64 valence electrons. The van der Waals surface area contributed by atoms with E-state index < -0.39 is 5.97 Å². The molecule has 0 atom stereocenters. The van der Waals surface area contributed by atoms with E-state index in [0.29, 0.717) is 10.6 Å². The molecule has 3 nitrogen and oxygen atoms in total. The first-order valence-corrected chi connectivity index (χ1v) is 3.70. The van der Waals surface area contributed by atoms with Crippen LogP contribution in [0.3, 0.4) is 0 Å². The molecule has 0 aliphatic carbocycles. The summed E-state index contributed by atoms with van der Waals surface area (Å²) in [6, 6.07) is 4.69. The van der Waals surface area contributed by atoms with Crippen LogP contribution < -0.4 is 4.74 Å². The molecule has 0 radical (unpaired) electrons. The number of hydrogen-bond donors (Lipinski definition) is 2. The van der Waals surface area contributed by atoms with Gasteiger partial charge in [0.15, 0.2) is 0 Å². The first-order chi connectivity index (χ1) is 5.65. The van der Waals surface area contributed by atoms with Crippen molar-refractivity contribution in [1.82, 2.24) is 0 Å². The number of aromatic carboxylic acids is 1. The largest absolute Gasteiger partial charge is 0.497 e. The van der Waals surface area contributed by atoms with Gasteiger partial charge in [-0.25, -0.2) is 4.79 Å². The fourth-order valence-electron chi connectivity index (χ4n) is 0.813. The Morgan fingerprint density at radius 3 is 2.75 bits per heavy atom. The average molecular weight is 184 g/mol. The summed E-state index contributed by atoms with van der Waals surface area (Å²) in [5, 5.41) is 8.68. The second kappa shape index (κ2) is 3.49. The van der Waals surface area contributed by atoms with Crippen molar-refractivity contribution in [3.63, 3.8) is 0 Å². The Morgan fingerprint density at radius 2 is 2.25 bits per heavy atom. The van der Waals surface area contributed by atoms with Crippen LogP contribution in [0.25, 0.3) is 0 Å². The quantitative estimate of drug-likeness (QED) is 0.687. The molecule has 0 saturated carbocycles. The standard InChI is InChI=1S/C8H8O3S/c1-11-5-2-3-7(12)6(4-5)8(9)10/h2-4,12H,1H3,(H,9,10). The van der Waals surface area contributed by atoms with Gasteiger partial charge in [-0.3, -0.25) is 0 Å². The van der Waals surface area contributed by atoms with Gasteiger partial charge in [0.1, 0.15) is 5.75 Å². The molecule has 0 saturated heterocycles. The minimum Gasteiger partial charge on any atom is -0.497 e. The molecule has 1 aromatic carbocycles. The summed E-state index contributed by atoms with van der Waals surface area (Å²) in [6.45, 7) is 0. The van der Waals surface area contributed by atoms with E-state index in [-0.39, 0.29) is 5.56 Å². The van der Waals surface area contributed by atoms with E-state index in [4.69, 9.17) is 9.84 Å². The van der Waals surface area contributed by atoms with Gasteiger partial charge in [-0.2, -0.15) is 0 Å². The maximum Gasteiger partial charge on any atom is 0.336 e. The van der Waals surface area contributed by atoms with Crippen molar-refractivity contribution in [2.45, 2.75) is 4.90 Å². The molecule has 0 aliphatic rings. The second-order valence-corrected chi connectivity index (χ2v) is 2.67. The van der Waals surface area contributed by atoms with Crippen LogP contribution in [0, 0.1) is 0 Å². The van der Waals surface area contributed by atoms with Crippen molar-refractivity contribution in [2.24, 2.45) is 0 Å². The number of hydrogen-bond acceptors (Lipinski definition) is 3. The van der Waals surface area contributed by atoms with Crippen molar-refractivity contribution in [2.75, 3.05) is 7.11 Å². The van der Waals surface area contributed by atoms with Crippen LogP contribution >= 0.6 is 12.6 Å². The minimum atomic E-state index is -1.00. The van der Waals surface area contributed by atoms with Crippen LogP contribution in [0.15, 0.2) is 23.1 Å². The second-order valence-electron chi connectivity index (χ2n) is 2.19. The first-order valence-electron chi connectivity index (χ1n) is 3.25. The number of carboxylic acids is 1. The lowest BCUT2D eigenvalue weighted by Crippen LogP contribution is -1.98. The third-order valence-electron chi connectivity index (χ3n) is 1.43. The molecule has 0 unspecified atom stereocenters. The fraction of sp³-hybridized carbons (Fsp3) is 0.125. The Morgan fingerprint density at radius 1 is 1.58 bits per heavy atom. The Balaban J connectivity index is 3.17. The molecule has 0 fully saturated rings. The average Bonchev–Trinajstić information content (AvgIpc) is 2.05. The highest BCUT2D eigenvalue weighted by Gasteiger charge is 2.07. The summed E-state index contributed by atoms with van der Waals surface area (Å²) in [4.78, 5) is 11.0. The predicted molar refractivity (Wildman–Crippen MR) is 47.2 cm³/mol. The third-order valence-corrected chi connectivity index (χ3v) is 1.82. The fourth-order valence-corrected chi connectivity index (χ4v) is 1.05. The maximum absolute atomic E-state index is 10.6. The smallest absolute Gasteiger partial charge is 0.336 e. The van der Waals surface area contributed by atoms with Crippen molar-refractivity contribution in [1.29, 1.82) is 0 Å². The van der Waals surface area contributed by atoms with E-state index in [1.54, 1.807) is 12.1 Å². The van der Waals surface area contributed by atoms with Crippen LogP contribution in [0.2, 0.25) is 0 Å². The lowest BCUT2D eigenvalue weighted by atomic mass is 10.2. The van der Waals surface area contributed by atoms with Crippen LogP contribution in [0.1, 0.15) is 10.4 Å². The number of ether oxygens (including phenoxy) is 1. The van der Waals surface area contributed by atoms with Gasteiger partial charge in [-0.15, -0.1) is 12.6 Å². The monoisotopic (exact) mass is 184 g/mol. The van der Waals surface area contributed by atoms with Gasteiger partial charge in [0.05, 0.1) is 12.7 Å². The molecule has 0 heterocycles. The Bertz CT molecular complexity index is 309. The summed E-state index contributed by atoms with van der Waals surface area (Å²) in [6.07, 6.45) is 0. The van der Waals surface area contributed by atoms with Gasteiger partial charge < -0.3 is 9.84 Å². The van der Waals surface area contributed by atoms with Gasteiger partial charge >= 0.3 is 5.97 Å². The Labute approximate surface area is 75.4 Å². The summed E-state index contributed by atoms with van der Waals surface area (Å²) >= 11 is 3.99. The SMILES string of the molecule is COc1ccc(S)c(C(=O)O)c1. The van der Waals surface area contributed by atoms with Crippen molar-refractivity contribution >= 4 is 18.6 Å². The summed E-state index contributed by atoms with van der Waals surface area (Å²) < 4.78 is 4.86. The lowest BCUT2D eigenvalue weighted by molar-refractivity contribution is 0.0693. The van der Waals surface area contributed by atoms with Gasteiger partial charge in [-0.05, 0) is 18.2 Å². The Hall–Kier alpha value is -1.16. The van der Waals surface area contributed by atoms with Crippen LogP contribution in [0.5, 0.6) is 5.75 Å². The highest BCUT2D eigenvalue weighted by Crippen LogP contribution is 2.20.